The van der Waals surface area contributed by atoms with Crippen molar-refractivity contribution in [1.29, 1.82) is 0 Å². The summed E-state index contributed by atoms with van der Waals surface area (Å²) >= 11 is 1.42. The van der Waals surface area contributed by atoms with E-state index in [1.54, 1.807) is 30.6 Å². The van der Waals surface area contributed by atoms with Gasteiger partial charge in [-0.1, -0.05) is 6.07 Å². The minimum Gasteiger partial charge on any atom is -0.349 e. The fourth-order valence-electron chi connectivity index (χ4n) is 1.68. The largest absolute Gasteiger partial charge is 0.349 e. The number of pyridine rings is 1. The number of nitrogens with zero attached hydrogens (tertiary/aromatic N) is 1. The van der Waals surface area contributed by atoms with Gasteiger partial charge in [0, 0.05) is 30.4 Å². The first-order valence-corrected chi connectivity index (χ1v) is 6.82. The summed E-state index contributed by atoms with van der Waals surface area (Å²) in [6.07, 6.45) is 3.43. The number of amides is 1. The van der Waals surface area contributed by atoms with Crippen LogP contribution in [0.5, 0.6) is 0 Å². The molecule has 0 aliphatic rings. The Morgan fingerprint density at radius 3 is 2.68 bits per heavy atom. The summed E-state index contributed by atoms with van der Waals surface area (Å²) in [5.41, 5.74) is 0.547. The molecule has 2 rings (SSSR count). The van der Waals surface area contributed by atoms with Gasteiger partial charge in [0.05, 0.1) is 4.88 Å². The summed E-state index contributed by atoms with van der Waals surface area (Å²) in [6.45, 7) is 1.82. The number of Topliss-reactive ketones (excluding diaryl/α,β-unsaturated/α-hetero) is 1. The Labute approximate surface area is 115 Å². The van der Waals surface area contributed by atoms with E-state index < -0.39 is 0 Å². The highest BCUT2D eigenvalue weighted by Crippen LogP contribution is 2.12. The Bertz CT molecular complexity index is 552. The predicted molar refractivity (Wildman–Crippen MR) is 74.4 cm³/mol. The molecule has 0 aliphatic carbocycles. The van der Waals surface area contributed by atoms with E-state index in [1.807, 2.05) is 18.4 Å². The van der Waals surface area contributed by atoms with Crippen molar-refractivity contribution in [2.75, 3.05) is 0 Å². The highest BCUT2D eigenvalue weighted by atomic mass is 32.1. The number of ketones is 1. The van der Waals surface area contributed by atoms with Crippen LogP contribution in [-0.4, -0.2) is 22.7 Å². The number of hydrogen-bond acceptors (Lipinski definition) is 4. The van der Waals surface area contributed by atoms with Crippen molar-refractivity contribution in [2.45, 2.75) is 19.4 Å². The highest BCUT2D eigenvalue weighted by Gasteiger charge is 2.14. The number of rotatable bonds is 5. The van der Waals surface area contributed by atoms with Gasteiger partial charge in [-0.15, -0.1) is 11.3 Å². The molecule has 98 valence electrons. The van der Waals surface area contributed by atoms with E-state index in [1.165, 1.54) is 11.3 Å². The van der Waals surface area contributed by atoms with Gasteiger partial charge in [0.1, 0.15) is 0 Å². The summed E-state index contributed by atoms with van der Waals surface area (Å²) in [4.78, 5) is 28.3. The molecule has 2 aromatic heterocycles. The fourth-order valence-corrected chi connectivity index (χ4v) is 2.35. The molecule has 0 bridgehead atoms. The zero-order chi connectivity index (χ0) is 13.7. The van der Waals surface area contributed by atoms with Crippen LogP contribution >= 0.6 is 11.3 Å². The molecule has 0 saturated heterocycles. The van der Waals surface area contributed by atoms with E-state index in [9.17, 15) is 9.59 Å². The molecule has 2 aromatic rings. The van der Waals surface area contributed by atoms with E-state index in [2.05, 4.69) is 10.3 Å². The van der Waals surface area contributed by atoms with E-state index in [4.69, 9.17) is 0 Å². The molecule has 0 radical (unpaired) electrons. The zero-order valence-electron chi connectivity index (χ0n) is 10.5. The number of hydrogen-bond donors (Lipinski definition) is 1. The van der Waals surface area contributed by atoms with Crippen LogP contribution in [-0.2, 0) is 0 Å². The second kappa shape index (κ2) is 6.24. The van der Waals surface area contributed by atoms with Crippen LogP contribution in [0, 0.1) is 0 Å². The normalized spacial score (nSPS) is 11.8. The fraction of sp³-hybridized carbons (Fsp3) is 0.214. The van der Waals surface area contributed by atoms with Crippen LogP contribution in [0.25, 0.3) is 0 Å². The topological polar surface area (TPSA) is 59.1 Å². The number of carbonyl (C=O) groups excluding carboxylic acids is 2. The maximum atomic E-state index is 11.9. The summed E-state index contributed by atoms with van der Waals surface area (Å²) in [5.74, 6) is -0.133. The van der Waals surface area contributed by atoms with Crippen LogP contribution in [0.1, 0.15) is 33.4 Å². The molecule has 4 nitrogen and oxygen atoms in total. The molecule has 1 N–H and O–H groups in total. The van der Waals surface area contributed by atoms with Crippen molar-refractivity contribution in [3.8, 4) is 0 Å². The lowest BCUT2D eigenvalue weighted by Crippen LogP contribution is -2.34. The van der Waals surface area contributed by atoms with E-state index in [-0.39, 0.29) is 17.7 Å². The third-order valence-corrected chi connectivity index (χ3v) is 3.52. The van der Waals surface area contributed by atoms with Crippen LogP contribution in [0.15, 0.2) is 42.0 Å². The second-order valence-corrected chi connectivity index (χ2v) is 5.16. The first-order valence-electron chi connectivity index (χ1n) is 5.94. The molecule has 0 saturated carbocycles. The van der Waals surface area contributed by atoms with Crippen LogP contribution in [0.4, 0.5) is 0 Å². The van der Waals surface area contributed by atoms with Crippen LogP contribution < -0.4 is 5.32 Å². The summed E-state index contributed by atoms with van der Waals surface area (Å²) in [5, 5.41) is 4.67. The van der Waals surface area contributed by atoms with Crippen molar-refractivity contribution >= 4 is 23.0 Å². The average molecular weight is 274 g/mol. The predicted octanol–water partition coefficient (Wildman–Crippen LogP) is 2.53. The van der Waals surface area contributed by atoms with E-state index >= 15 is 0 Å². The standard InChI is InChI=1S/C14H14N2O2S/c1-10(9-12(17)13-3-2-8-19-13)16-14(18)11-4-6-15-7-5-11/h2-8,10H,9H2,1H3,(H,16,18)/t10-/m1/s1. The maximum Gasteiger partial charge on any atom is 0.251 e. The molecule has 0 fully saturated rings. The number of nitrogens with one attached hydrogen (secondary N) is 1. The quantitative estimate of drug-likeness (QED) is 0.852. The van der Waals surface area contributed by atoms with Crippen molar-refractivity contribution in [3.05, 3.63) is 52.5 Å². The first kappa shape index (κ1) is 13.4. The summed E-state index contributed by atoms with van der Waals surface area (Å²) in [6, 6.07) is 6.73. The third-order valence-electron chi connectivity index (χ3n) is 2.61. The Morgan fingerprint density at radius 1 is 1.32 bits per heavy atom. The summed E-state index contributed by atoms with van der Waals surface area (Å²) in [7, 11) is 0. The molecule has 2 heterocycles. The Morgan fingerprint density at radius 2 is 2.05 bits per heavy atom. The van der Waals surface area contributed by atoms with Gasteiger partial charge in [-0.2, -0.15) is 0 Å². The summed E-state index contributed by atoms with van der Waals surface area (Å²) < 4.78 is 0. The van der Waals surface area contributed by atoms with Gasteiger partial charge in [0.25, 0.3) is 5.91 Å². The Kier molecular flexibility index (Phi) is 4.41. The molecular weight excluding hydrogens is 260 g/mol. The molecule has 0 unspecified atom stereocenters. The lowest BCUT2D eigenvalue weighted by atomic mass is 10.1. The van der Waals surface area contributed by atoms with E-state index in [0.29, 0.717) is 12.0 Å². The highest BCUT2D eigenvalue weighted by molar-refractivity contribution is 7.12. The maximum absolute atomic E-state index is 11.9. The average Bonchev–Trinajstić information content (AvgIpc) is 2.93. The van der Waals surface area contributed by atoms with Gasteiger partial charge < -0.3 is 5.32 Å². The lowest BCUT2D eigenvalue weighted by Gasteiger charge is -2.12. The van der Waals surface area contributed by atoms with Gasteiger partial charge in [-0.05, 0) is 30.5 Å². The molecular formula is C14H14N2O2S. The molecule has 0 spiro atoms. The first-order chi connectivity index (χ1) is 9.16. The van der Waals surface area contributed by atoms with Crippen molar-refractivity contribution < 1.29 is 9.59 Å². The SMILES string of the molecule is C[C@H](CC(=O)c1cccs1)NC(=O)c1ccncc1. The molecule has 0 aromatic carbocycles. The number of aromatic nitrogens is 1. The van der Waals surface area contributed by atoms with Crippen LogP contribution in [0.2, 0.25) is 0 Å². The van der Waals surface area contributed by atoms with E-state index in [0.717, 1.165) is 4.88 Å². The Hall–Kier alpha value is -2.01. The van der Waals surface area contributed by atoms with Crippen molar-refractivity contribution in [1.82, 2.24) is 10.3 Å². The van der Waals surface area contributed by atoms with Gasteiger partial charge in [0.15, 0.2) is 5.78 Å². The number of thiophene rings is 1. The smallest absolute Gasteiger partial charge is 0.251 e. The molecule has 5 heteroatoms. The molecule has 1 atom stereocenters. The Balaban J connectivity index is 1.90. The van der Waals surface area contributed by atoms with Gasteiger partial charge in [0.2, 0.25) is 0 Å². The third kappa shape index (κ3) is 3.72. The molecule has 19 heavy (non-hydrogen) atoms. The second-order valence-electron chi connectivity index (χ2n) is 4.21. The van der Waals surface area contributed by atoms with Crippen molar-refractivity contribution in [2.24, 2.45) is 0 Å². The molecule has 1 amide bonds. The number of carbonyl (C=O) groups is 2. The van der Waals surface area contributed by atoms with Crippen molar-refractivity contribution in [3.63, 3.8) is 0 Å². The minimum atomic E-state index is -0.199. The molecule has 0 aliphatic heterocycles. The minimum absolute atomic E-state index is 0.0533. The van der Waals surface area contributed by atoms with Gasteiger partial charge in [-0.25, -0.2) is 0 Å². The monoisotopic (exact) mass is 274 g/mol. The zero-order valence-corrected chi connectivity index (χ0v) is 11.3. The lowest BCUT2D eigenvalue weighted by molar-refractivity contribution is 0.0919. The van der Waals surface area contributed by atoms with Gasteiger partial charge in [-0.3, -0.25) is 14.6 Å². The van der Waals surface area contributed by atoms with Crippen LogP contribution in [0.3, 0.4) is 0 Å². The van der Waals surface area contributed by atoms with Gasteiger partial charge >= 0.3 is 0 Å².